The van der Waals surface area contributed by atoms with Crippen LogP contribution in [0.4, 0.5) is 8.78 Å². The van der Waals surface area contributed by atoms with Crippen LogP contribution in [-0.2, 0) is 26.1 Å². The molecule has 0 amide bonds. The van der Waals surface area contributed by atoms with Gasteiger partial charge in [-0.25, -0.2) is 13.6 Å². The van der Waals surface area contributed by atoms with Crippen molar-refractivity contribution in [3.63, 3.8) is 0 Å². The van der Waals surface area contributed by atoms with Gasteiger partial charge in [-0.05, 0) is 55.5 Å². The summed E-state index contributed by atoms with van der Waals surface area (Å²) in [6, 6.07) is 16.2. The van der Waals surface area contributed by atoms with Crippen molar-refractivity contribution in [2.75, 3.05) is 0 Å². The lowest BCUT2D eigenvalue weighted by Gasteiger charge is -2.19. The number of hydrogen-bond donors (Lipinski definition) is 0. The van der Waals surface area contributed by atoms with Crippen LogP contribution in [0.5, 0.6) is 11.5 Å². The van der Waals surface area contributed by atoms with Gasteiger partial charge in [0, 0.05) is 22.1 Å². The van der Waals surface area contributed by atoms with Gasteiger partial charge in [-0.2, -0.15) is 0 Å². The summed E-state index contributed by atoms with van der Waals surface area (Å²) in [5.74, 6) is -0.281. The number of rotatable bonds is 6. The Labute approximate surface area is 189 Å². The quantitative estimate of drug-likeness (QED) is 0.334. The predicted octanol–water partition coefficient (Wildman–Crippen LogP) is 6.11. The Morgan fingerprint density at radius 3 is 2.03 bits per heavy atom. The molecule has 1 heterocycles. The van der Waals surface area contributed by atoms with E-state index in [1.807, 2.05) is 6.07 Å². The smallest absolute Gasteiger partial charge is 0.339 e. The van der Waals surface area contributed by atoms with Crippen LogP contribution in [0.25, 0.3) is 11.0 Å². The van der Waals surface area contributed by atoms with E-state index < -0.39 is 5.82 Å². The van der Waals surface area contributed by atoms with E-state index in [9.17, 15) is 13.6 Å². The highest BCUT2D eigenvalue weighted by Crippen LogP contribution is 2.39. The van der Waals surface area contributed by atoms with Crippen molar-refractivity contribution < 1.29 is 22.7 Å². The van der Waals surface area contributed by atoms with E-state index in [1.165, 1.54) is 12.1 Å². The fourth-order valence-electron chi connectivity index (χ4n) is 4.25. The van der Waals surface area contributed by atoms with Crippen LogP contribution >= 0.6 is 0 Å². The second-order valence-corrected chi connectivity index (χ2v) is 8.08. The third-order valence-electron chi connectivity index (χ3n) is 5.98. The van der Waals surface area contributed by atoms with Gasteiger partial charge in [0.15, 0.2) is 11.3 Å². The van der Waals surface area contributed by atoms with E-state index >= 15 is 0 Å². The Bertz CT molecular complexity index is 1380. The molecule has 4 nitrogen and oxygen atoms in total. The Hall–Kier alpha value is -3.67. The molecule has 0 radical (unpaired) electrons. The number of ether oxygens (including phenoxy) is 2. The van der Waals surface area contributed by atoms with Gasteiger partial charge in [0.25, 0.3) is 0 Å². The van der Waals surface area contributed by atoms with Crippen molar-refractivity contribution >= 4 is 11.0 Å². The molecule has 3 aromatic carbocycles. The van der Waals surface area contributed by atoms with E-state index in [4.69, 9.17) is 13.9 Å². The van der Waals surface area contributed by atoms with Gasteiger partial charge >= 0.3 is 5.63 Å². The van der Waals surface area contributed by atoms with E-state index in [0.717, 1.165) is 30.2 Å². The molecule has 5 rings (SSSR count). The Balaban J connectivity index is 1.57. The normalized spacial score (nSPS) is 13.0. The summed E-state index contributed by atoms with van der Waals surface area (Å²) in [6.45, 7) is -0.119. The minimum absolute atomic E-state index is 0.0383. The lowest BCUT2D eigenvalue weighted by Crippen LogP contribution is -2.16. The molecular formula is C27H22F2O4. The molecule has 0 N–H and O–H groups in total. The van der Waals surface area contributed by atoms with Crippen molar-refractivity contribution in [1.82, 2.24) is 0 Å². The van der Waals surface area contributed by atoms with Crippen LogP contribution < -0.4 is 15.1 Å². The van der Waals surface area contributed by atoms with Crippen LogP contribution in [0.2, 0.25) is 0 Å². The molecule has 0 unspecified atom stereocenters. The summed E-state index contributed by atoms with van der Waals surface area (Å²) < 4.78 is 45.9. The van der Waals surface area contributed by atoms with Crippen molar-refractivity contribution in [2.24, 2.45) is 0 Å². The molecule has 1 aliphatic carbocycles. The summed E-state index contributed by atoms with van der Waals surface area (Å²) in [4.78, 5) is 12.7. The third kappa shape index (κ3) is 4.21. The van der Waals surface area contributed by atoms with Crippen LogP contribution in [-0.4, -0.2) is 0 Å². The molecule has 33 heavy (non-hydrogen) atoms. The maximum atomic E-state index is 14.2. The molecule has 0 bridgehead atoms. The highest BCUT2D eigenvalue weighted by Gasteiger charge is 2.23. The van der Waals surface area contributed by atoms with Gasteiger partial charge in [0.2, 0.25) is 5.75 Å². The predicted molar refractivity (Wildman–Crippen MR) is 121 cm³/mol. The van der Waals surface area contributed by atoms with Crippen LogP contribution in [0.1, 0.15) is 35.1 Å². The first-order valence-corrected chi connectivity index (χ1v) is 11.0. The third-order valence-corrected chi connectivity index (χ3v) is 5.98. The lowest BCUT2D eigenvalue weighted by molar-refractivity contribution is 0.250. The molecule has 1 aliphatic rings. The fraction of sp³-hybridized carbons (Fsp3) is 0.222. The first kappa shape index (κ1) is 21.2. The van der Waals surface area contributed by atoms with Crippen molar-refractivity contribution in [3.05, 3.63) is 105 Å². The van der Waals surface area contributed by atoms with Crippen molar-refractivity contribution in [3.8, 4) is 11.5 Å². The van der Waals surface area contributed by atoms with Gasteiger partial charge in [0.05, 0.1) is 0 Å². The second kappa shape index (κ2) is 9.06. The molecule has 4 aromatic rings. The molecule has 0 aliphatic heterocycles. The SMILES string of the molecule is O=c1oc2c(OCc3ccccc3F)c(OCc3ccccc3F)ccc2c2c1CCCC2. The zero-order valence-electron chi connectivity index (χ0n) is 17.9. The number of fused-ring (bicyclic) bond motifs is 3. The van der Waals surface area contributed by atoms with E-state index in [1.54, 1.807) is 42.5 Å². The van der Waals surface area contributed by atoms with Crippen LogP contribution in [0.3, 0.4) is 0 Å². The molecule has 168 valence electrons. The van der Waals surface area contributed by atoms with Gasteiger partial charge < -0.3 is 13.9 Å². The maximum Gasteiger partial charge on any atom is 0.339 e. The average molecular weight is 448 g/mol. The maximum absolute atomic E-state index is 14.2. The first-order chi connectivity index (χ1) is 16.1. The molecule has 0 spiro atoms. The summed E-state index contributed by atoms with van der Waals surface area (Å²) in [7, 11) is 0. The van der Waals surface area contributed by atoms with Gasteiger partial charge in [-0.1, -0.05) is 36.4 Å². The summed E-state index contributed by atoms with van der Waals surface area (Å²) in [6.07, 6.45) is 3.40. The van der Waals surface area contributed by atoms with E-state index in [2.05, 4.69) is 0 Å². The van der Waals surface area contributed by atoms with Gasteiger partial charge in [-0.3, -0.25) is 0 Å². The average Bonchev–Trinajstić information content (AvgIpc) is 2.83. The Morgan fingerprint density at radius 2 is 1.36 bits per heavy atom. The summed E-state index contributed by atoms with van der Waals surface area (Å²) >= 11 is 0. The molecule has 0 fully saturated rings. The second-order valence-electron chi connectivity index (χ2n) is 8.08. The van der Waals surface area contributed by atoms with Gasteiger partial charge in [-0.15, -0.1) is 0 Å². The monoisotopic (exact) mass is 448 g/mol. The standard InChI is InChI=1S/C27H22F2O4/c28-22-11-5-1-7-17(22)15-31-24-14-13-20-19-9-3-4-10-21(19)27(30)33-25(20)26(24)32-16-18-8-2-6-12-23(18)29/h1-2,5-8,11-14H,3-4,9-10,15-16H2. The lowest BCUT2D eigenvalue weighted by atomic mass is 9.90. The fourth-order valence-corrected chi connectivity index (χ4v) is 4.25. The molecule has 0 saturated carbocycles. The number of halogens is 2. The molecule has 0 atom stereocenters. The minimum atomic E-state index is -0.398. The summed E-state index contributed by atoms with van der Waals surface area (Å²) in [5.41, 5.74) is 2.28. The van der Waals surface area contributed by atoms with Gasteiger partial charge in [0.1, 0.15) is 24.8 Å². The molecular weight excluding hydrogens is 426 g/mol. The van der Waals surface area contributed by atoms with Crippen LogP contribution in [0.15, 0.2) is 69.9 Å². The highest BCUT2D eigenvalue weighted by atomic mass is 19.1. The Morgan fingerprint density at radius 1 is 0.758 bits per heavy atom. The van der Waals surface area contributed by atoms with Crippen LogP contribution in [0, 0.1) is 11.6 Å². The molecule has 1 aromatic heterocycles. The zero-order valence-corrected chi connectivity index (χ0v) is 17.9. The Kier molecular flexibility index (Phi) is 5.82. The molecule has 0 saturated heterocycles. The summed E-state index contributed by atoms with van der Waals surface area (Å²) in [5, 5.41) is 0.783. The largest absolute Gasteiger partial charge is 0.485 e. The van der Waals surface area contributed by atoms with E-state index in [0.29, 0.717) is 28.9 Å². The number of benzene rings is 3. The van der Waals surface area contributed by atoms with Crippen molar-refractivity contribution in [1.29, 1.82) is 0 Å². The number of hydrogen-bond acceptors (Lipinski definition) is 4. The van der Waals surface area contributed by atoms with Crippen molar-refractivity contribution in [2.45, 2.75) is 38.9 Å². The molecule has 6 heteroatoms. The number of aryl methyl sites for hydroxylation is 1. The topological polar surface area (TPSA) is 48.7 Å². The first-order valence-electron chi connectivity index (χ1n) is 11.0. The minimum Gasteiger partial charge on any atom is -0.485 e. The zero-order chi connectivity index (χ0) is 22.8. The highest BCUT2D eigenvalue weighted by molar-refractivity contribution is 5.89. The van der Waals surface area contributed by atoms with E-state index in [-0.39, 0.29) is 36.0 Å².